The molecule has 0 heterocycles. The molecule has 0 fully saturated rings. The highest BCUT2D eigenvalue weighted by Crippen LogP contribution is 2.05. The average molecular weight is 264 g/mol. The fraction of sp³-hybridized carbons (Fsp3) is 0.429. The number of hydrogen-bond acceptors (Lipinski definition) is 4. The first-order chi connectivity index (χ1) is 9.06. The SMILES string of the molecule is CC(CO)CC(N)CNC(=O)c1cccc(C=O)c1. The minimum absolute atomic E-state index is 0.0863. The summed E-state index contributed by atoms with van der Waals surface area (Å²) >= 11 is 0. The number of aliphatic hydroxyl groups excluding tert-OH is 1. The number of rotatable bonds is 7. The highest BCUT2D eigenvalue weighted by Gasteiger charge is 2.11. The summed E-state index contributed by atoms with van der Waals surface area (Å²) in [7, 11) is 0. The van der Waals surface area contributed by atoms with Crippen molar-refractivity contribution in [1.29, 1.82) is 0 Å². The van der Waals surface area contributed by atoms with Gasteiger partial charge in [-0.25, -0.2) is 0 Å². The summed E-state index contributed by atoms with van der Waals surface area (Å²) in [4.78, 5) is 22.5. The number of amides is 1. The van der Waals surface area contributed by atoms with Crippen LogP contribution in [0.15, 0.2) is 24.3 Å². The molecule has 2 unspecified atom stereocenters. The van der Waals surface area contributed by atoms with Gasteiger partial charge in [0.1, 0.15) is 6.29 Å². The molecule has 2 atom stereocenters. The Morgan fingerprint density at radius 1 is 1.53 bits per heavy atom. The summed E-state index contributed by atoms with van der Waals surface area (Å²) in [6.07, 6.45) is 1.34. The maximum atomic E-state index is 11.8. The van der Waals surface area contributed by atoms with E-state index in [1.165, 1.54) is 6.07 Å². The molecule has 0 aliphatic heterocycles. The second-order valence-electron chi connectivity index (χ2n) is 4.74. The number of nitrogens with one attached hydrogen (secondary N) is 1. The van der Waals surface area contributed by atoms with Gasteiger partial charge in [-0.2, -0.15) is 0 Å². The van der Waals surface area contributed by atoms with Gasteiger partial charge in [0.2, 0.25) is 0 Å². The molecule has 0 saturated heterocycles. The summed E-state index contributed by atoms with van der Waals surface area (Å²) in [5.41, 5.74) is 6.75. The van der Waals surface area contributed by atoms with Gasteiger partial charge in [-0.1, -0.05) is 19.1 Å². The fourth-order valence-electron chi connectivity index (χ4n) is 1.75. The Balaban J connectivity index is 2.48. The highest BCUT2D eigenvalue weighted by atomic mass is 16.3. The van der Waals surface area contributed by atoms with Crippen LogP contribution in [0.1, 0.15) is 34.1 Å². The minimum Gasteiger partial charge on any atom is -0.396 e. The fourth-order valence-corrected chi connectivity index (χ4v) is 1.75. The van der Waals surface area contributed by atoms with Crippen LogP contribution < -0.4 is 11.1 Å². The smallest absolute Gasteiger partial charge is 0.251 e. The molecule has 0 bridgehead atoms. The van der Waals surface area contributed by atoms with E-state index in [1.807, 2.05) is 6.92 Å². The third kappa shape index (κ3) is 5.19. The Labute approximate surface area is 112 Å². The molecule has 5 nitrogen and oxygen atoms in total. The molecule has 19 heavy (non-hydrogen) atoms. The zero-order valence-electron chi connectivity index (χ0n) is 11.0. The van der Waals surface area contributed by atoms with E-state index >= 15 is 0 Å². The van der Waals surface area contributed by atoms with E-state index in [4.69, 9.17) is 10.8 Å². The van der Waals surface area contributed by atoms with Crippen LogP contribution in [-0.4, -0.2) is 36.5 Å². The normalized spacial score (nSPS) is 13.6. The zero-order chi connectivity index (χ0) is 14.3. The van der Waals surface area contributed by atoms with Crippen LogP contribution in [0.2, 0.25) is 0 Å². The van der Waals surface area contributed by atoms with Crippen LogP contribution in [0.4, 0.5) is 0 Å². The molecule has 0 saturated carbocycles. The molecule has 5 heteroatoms. The van der Waals surface area contributed by atoms with Gasteiger partial charge in [-0.15, -0.1) is 0 Å². The molecule has 104 valence electrons. The molecular formula is C14H20N2O3. The number of nitrogens with two attached hydrogens (primary N) is 1. The lowest BCUT2D eigenvalue weighted by atomic mass is 10.0. The quantitative estimate of drug-likeness (QED) is 0.628. The van der Waals surface area contributed by atoms with Crippen LogP contribution in [0.3, 0.4) is 0 Å². The molecule has 0 spiro atoms. The molecule has 1 aromatic rings. The van der Waals surface area contributed by atoms with Crippen molar-refractivity contribution in [2.75, 3.05) is 13.2 Å². The lowest BCUT2D eigenvalue weighted by Crippen LogP contribution is -2.38. The monoisotopic (exact) mass is 264 g/mol. The van der Waals surface area contributed by atoms with E-state index in [0.717, 1.165) is 0 Å². The van der Waals surface area contributed by atoms with Crippen molar-refractivity contribution in [3.05, 3.63) is 35.4 Å². The van der Waals surface area contributed by atoms with Gasteiger partial charge in [0.05, 0.1) is 0 Å². The summed E-state index contributed by atoms with van der Waals surface area (Å²) in [6, 6.07) is 6.28. The van der Waals surface area contributed by atoms with E-state index in [2.05, 4.69) is 5.32 Å². The first-order valence-electron chi connectivity index (χ1n) is 6.26. The molecule has 1 amide bonds. The van der Waals surface area contributed by atoms with Gasteiger partial charge in [-0.05, 0) is 24.5 Å². The summed E-state index contributed by atoms with van der Waals surface area (Å²) in [6.45, 7) is 2.33. The van der Waals surface area contributed by atoms with Gasteiger partial charge in [-0.3, -0.25) is 9.59 Å². The van der Waals surface area contributed by atoms with Crippen molar-refractivity contribution in [3.63, 3.8) is 0 Å². The molecule has 0 aromatic heterocycles. The lowest BCUT2D eigenvalue weighted by Gasteiger charge is -2.16. The first-order valence-corrected chi connectivity index (χ1v) is 6.26. The second-order valence-corrected chi connectivity index (χ2v) is 4.74. The van der Waals surface area contributed by atoms with Crippen molar-refractivity contribution >= 4 is 12.2 Å². The van der Waals surface area contributed by atoms with Crippen molar-refractivity contribution in [1.82, 2.24) is 5.32 Å². The number of aldehydes is 1. The molecule has 1 rings (SSSR count). The molecule has 1 aromatic carbocycles. The topological polar surface area (TPSA) is 92.4 Å². The number of hydrogen-bond donors (Lipinski definition) is 3. The largest absolute Gasteiger partial charge is 0.396 e. The van der Waals surface area contributed by atoms with Crippen molar-refractivity contribution in [3.8, 4) is 0 Å². The van der Waals surface area contributed by atoms with Gasteiger partial charge >= 0.3 is 0 Å². The van der Waals surface area contributed by atoms with Crippen LogP contribution in [-0.2, 0) is 0 Å². The molecule has 4 N–H and O–H groups in total. The van der Waals surface area contributed by atoms with Gasteiger partial charge in [0.15, 0.2) is 0 Å². The standard InChI is InChI=1S/C14H20N2O3/c1-10(8-17)5-13(15)7-16-14(19)12-4-2-3-11(6-12)9-18/h2-4,6,9-10,13,17H,5,7-8,15H2,1H3,(H,16,19). The lowest BCUT2D eigenvalue weighted by molar-refractivity contribution is 0.0949. The second kappa shape index (κ2) is 7.66. The maximum Gasteiger partial charge on any atom is 0.251 e. The van der Waals surface area contributed by atoms with Gasteiger partial charge in [0.25, 0.3) is 5.91 Å². The Morgan fingerprint density at radius 3 is 2.89 bits per heavy atom. The molecule has 0 aliphatic rings. The highest BCUT2D eigenvalue weighted by molar-refractivity contribution is 5.95. The Kier molecular flexibility index (Phi) is 6.18. The van der Waals surface area contributed by atoms with Gasteiger partial charge in [0, 0.05) is 30.3 Å². The van der Waals surface area contributed by atoms with Crippen LogP contribution in [0.5, 0.6) is 0 Å². The maximum absolute atomic E-state index is 11.8. The van der Waals surface area contributed by atoms with E-state index in [0.29, 0.717) is 30.4 Å². The van der Waals surface area contributed by atoms with Gasteiger partial charge < -0.3 is 16.2 Å². The first kappa shape index (κ1) is 15.3. The molecule has 0 radical (unpaired) electrons. The number of aliphatic hydroxyl groups is 1. The average Bonchev–Trinajstić information content (AvgIpc) is 2.44. The summed E-state index contributed by atoms with van der Waals surface area (Å²) < 4.78 is 0. The molecule has 0 aliphatic carbocycles. The number of benzene rings is 1. The predicted octanol–water partition coefficient (Wildman–Crippen LogP) is 0.575. The van der Waals surface area contributed by atoms with E-state index < -0.39 is 0 Å². The number of carbonyl (C=O) groups excluding carboxylic acids is 2. The zero-order valence-corrected chi connectivity index (χ0v) is 11.0. The third-order valence-electron chi connectivity index (χ3n) is 2.83. The van der Waals surface area contributed by atoms with E-state index in [-0.39, 0.29) is 24.5 Å². The molecular weight excluding hydrogens is 244 g/mol. The van der Waals surface area contributed by atoms with Crippen LogP contribution in [0, 0.1) is 5.92 Å². The summed E-state index contributed by atoms with van der Waals surface area (Å²) in [5.74, 6) is -0.138. The van der Waals surface area contributed by atoms with Crippen molar-refractivity contribution in [2.24, 2.45) is 11.7 Å². The van der Waals surface area contributed by atoms with Crippen molar-refractivity contribution in [2.45, 2.75) is 19.4 Å². The van der Waals surface area contributed by atoms with E-state index in [9.17, 15) is 9.59 Å². The predicted molar refractivity (Wildman–Crippen MR) is 73.0 cm³/mol. The Hall–Kier alpha value is -1.72. The number of carbonyl (C=O) groups is 2. The van der Waals surface area contributed by atoms with Crippen LogP contribution in [0.25, 0.3) is 0 Å². The third-order valence-corrected chi connectivity index (χ3v) is 2.83. The summed E-state index contributed by atoms with van der Waals surface area (Å²) in [5, 5.41) is 11.6. The van der Waals surface area contributed by atoms with E-state index in [1.54, 1.807) is 18.2 Å². The minimum atomic E-state index is -0.254. The van der Waals surface area contributed by atoms with Crippen LogP contribution >= 0.6 is 0 Å². The van der Waals surface area contributed by atoms with Crippen molar-refractivity contribution < 1.29 is 14.7 Å². The Morgan fingerprint density at radius 2 is 2.26 bits per heavy atom. The Bertz CT molecular complexity index is 434.